The summed E-state index contributed by atoms with van der Waals surface area (Å²) in [5.41, 5.74) is -3.73. The average Bonchev–Trinajstić information content (AvgIpc) is 3.25. The van der Waals surface area contributed by atoms with Crippen LogP contribution >= 0.6 is 11.3 Å². The molecule has 18 heteroatoms. The lowest BCUT2D eigenvalue weighted by Crippen LogP contribution is -2.46. The first-order valence-electron chi connectivity index (χ1n) is 11.2. The monoisotopic (exact) mass is 601 g/mol. The molecule has 1 aliphatic carbocycles. The maximum Gasteiger partial charge on any atom is 0.440 e. The number of aromatic nitrogens is 3. The number of hydrogen-bond acceptors (Lipinski definition) is 7. The van der Waals surface area contributed by atoms with Crippen LogP contribution in [0.2, 0.25) is 0 Å². The zero-order valence-corrected chi connectivity index (χ0v) is 21.0. The number of amides is 1. The lowest BCUT2D eigenvalue weighted by molar-refractivity contribution is -0.306. The molecule has 0 spiro atoms. The molecule has 1 amide bonds. The molecule has 0 bridgehead atoms. The van der Waals surface area contributed by atoms with Crippen LogP contribution in [0.25, 0.3) is 22.0 Å². The summed E-state index contributed by atoms with van der Waals surface area (Å²) in [5.74, 6) is -2.67. The third kappa shape index (κ3) is 5.46. The van der Waals surface area contributed by atoms with E-state index >= 15 is 0 Å². The van der Waals surface area contributed by atoms with E-state index in [-0.39, 0.29) is 27.1 Å². The van der Waals surface area contributed by atoms with E-state index in [1.54, 1.807) is 11.8 Å². The molecule has 0 saturated heterocycles. The van der Waals surface area contributed by atoms with Gasteiger partial charge in [-0.3, -0.25) is 9.48 Å². The van der Waals surface area contributed by atoms with Gasteiger partial charge in [0.15, 0.2) is 5.76 Å². The van der Waals surface area contributed by atoms with Gasteiger partial charge in [-0.2, -0.15) is 40.4 Å². The number of nitriles is 1. The van der Waals surface area contributed by atoms with Crippen LogP contribution in [0.1, 0.15) is 40.6 Å². The third-order valence-corrected chi connectivity index (χ3v) is 6.82. The highest BCUT2D eigenvalue weighted by Crippen LogP contribution is 2.46. The molecule has 3 heterocycles. The predicted molar refractivity (Wildman–Crippen MR) is 118 cm³/mol. The van der Waals surface area contributed by atoms with Crippen molar-refractivity contribution in [1.82, 2.24) is 19.8 Å². The van der Waals surface area contributed by atoms with Gasteiger partial charge in [0, 0.05) is 25.7 Å². The number of ether oxygens (including phenoxy) is 1. The molecule has 0 N–H and O–H groups in total. The van der Waals surface area contributed by atoms with Crippen molar-refractivity contribution in [2.45, 2.75) is 50.4 Å². The smallest absolute Gasteiger partial charge is 0.410 e. The topological polar surface area (TPSA) is 97.2 Å². The summed E-state index contributed by atoms with van der Waals surface area (Å²) in [6, 6.07) is 4.12. The fourth-order valence-electron chi connectivity index (χ4n) is 3.86. The van der Waals surface area contributed by atoms with Crippen LogP contribution in [0.4, 0.5) is 39.5 Å². The van der Waals surface area contributed by atoms with Crippen molar-refractivity contribution < 1.29 is 53.6 Å². The van der Waals surface area contributed by atoms with E-state index in [4.69, 9.17) is 4.52 Å². The summed E-state index contributed by atoms with van der Waals surface area (Å²) in [7, 11) is 0.827. The summed E-state index contributed by atoms with van der Waals surface area (Å²) in [6.07, 6.45) is -20.8. The molecule has 1 aliphatic rings. The third-order valence-electron chi connectivity index (χ3n) is 5.76. The van der Waals surface area contributed by atoms with Crippen LogP contribution in [-0.4, -0.2) is 56.8 Å². The Morgan fingerprint density at radius 2 is 1.90 bits per heavy atom. The number of aryl methyl sites for hydroxylation is 1. The molecule has 0 aromatic carbocycles. The van der Waals surface area contributed by atoms with E-state index in [2.05, 4.69) is 15.0 Å². The molecule has 1 saturated carbocycles. The van der Waals surface area contributed by atoms with Crippen molar-refractivity contribution in [2.75, 3.05) is 6.54 Å². The Morgan fingerprint density at radius 3 is 2.42 bits per heavy atom. The zero-order chi connectivity index (χ0) is 29.8. The highest BCUT2D eigenvalue weighted by Gasteiger charge is 2.60. The van der Waals surface area contributed by atoms with Crippen molar-refractivity contribution >= 4 is 17.2 Å². The van der Waals surface area contributed by atoms with E-state index in [1.807, 2.05) is 6.07 Å². The Morgan fingerprint density at radius 1 is 1.25 bits per heavy atom. The van der Waals surface area contributed by atoms with Gasteiger partial charge in [0.2, 0.25) is 0 Å². The maximum absolute atomic E-state index is 13.9. The fourth-order valence-corrected chi connectivity index (χ4v) is 4.75. The van der Waals surface area contributed by atoms with Crippen LogP contribution in [0.3, 0.4) is 0 Å². The number of carbonyl (C=O) groups is 1. The predicted octanol–water partition coefficient (Wildman–Crippen LogP) is 6.19. The summed E-state index contributed by atoms with van der Waals surface area (Å²) < 4.78 is 129. The molecule has 1 fully saturated rings. The Balaban J connectivity index is 1.73. The van der Waals surface area contributed by atoms with Gasteiger partial charge in [-0.15, -0.1) is 16.4 Å². The average molecular weight is 601 g/mol. The largest absolute Gasteiger partial charge is 0.440 e. The van der Waals surface area contributed by atoms with Gasteiger partial charge in [-0.05, 0) is 25.8 Å². The highest BCUT2D eigenvalue weighted by molar-refractivity contribution is 7.16. The van der Waals surface area contributed by atoms with Gasteiger partial charge >= 0.3 is 18.5 Å². The number of thiophene rings is 1. The number of carbonyl (C=O) groups excluding carboxylic acids is 1. The molecule has 216 valence electrons. The Labute approximate surface area is 222 Å². The summed E-state index contributed by atoms with van der Waals surface area (Å²) >= 11 is 0.783. The van der Waals surface area contributed by atoms with Crippen molar-refractivity contribution in [3.05, 3.63) is 28.1 Å². The SMILES string of the molecule is CCN(C(=O)c1cc(-c2cc(-c3c(C(F)(F)F)c(OC(F)(F)C(F)C(F)(F)F)nn3C)no2)sc1C#N)C1CC1. The van der Waals surface area contributed by atoms with Gasteiger partial charge in [0.1, 0.15) is 27.9 Å². The molecule has 3 aromatic rings. The number of hydrogen-bond donors (Lipinski definition) is 0. The summed E-state index contributed by atoms with van der Waals surface area (Å²) in [6.45, 7) is 2.14. The maximum atomic E-state index is 13.9. The van der Waals surface area contributed by atoms with Crippen molar-refractivity contribution in [2.24, 2.45) is 7.05 Å². The standard InChI is InChI=1S/C22H16F9N5O3S/c1-3-36(9-4-5-9)18(37)10-6-13(40-14(10)8-32)12-7-11(34-39-12)16-15(20(24,25)26)17(33-35(16)2)38-22(30,31)19(23)21(27,28)29/h6-7,9,19H,3-5H2,1-2H3. The minimum Gasteiger partial charge on any atom is -0.410 e. The molecular formula is C22H16F9N5O3S. The molecule has 0 radical (unpaired) electrons. The lowest BCUT2D eigenvalue weighted by atomic mass is 10.1. The summed E-state index contributed by atoms with van der Waals surface area (Å²) in [5, 5.41) is 16.1. The first-order chi connectivity index (χ1) is 18.5. The second kappa shape index (κ2) is 10.0. The molecule has 0 aliphatic heterocycles. The Hall–Kier alpha value is -3.75. The van der Waals surface area contributed by atoms with Gasteiger partial charge in [-0.1, -0.05) is 5.16 Å². The first-order valence-corrected chi connectivity index (χ1v) is 12.0. The van der Waals surface area contributed by atoms with Crippen molar-refractivity contribution in [3.8, 4) is 34.0 Å². The minimum atomic E-state index is -6.14. The van der Waals surface area contributed by atoms with Crippen LogP contribution in [0, 0.1) is 11.3 Å². The van der Waals surface area contributed by atoms with Crippen LogP contribution in [0.5, 0.6) is 5.88 Å². The van der Waals surface area contributed by atoms with E-state index < -0.39 is 53.4 Å². The van der Waals surface area contributed by atoms with E-state index in [0.717, 1.165) is 37.3 Å². The van der Waals surface area contributed by atoms with E-state index in [9.17, 15) is 49.6 Å². The number of rotatable bonds is 8. The molecular weight excluding hydrogens is 585 g/mol. The van der Waals surface area contributed by atoms with Gasteiger partial charge in [0.25, 0.3) is 18.0 Å². The number of halogens is 9. The van der Waals surface area contributed by atoms with Crippen molar-refractivity contribution in [1.29, 1.82) is 5.26 Å². The van der Waals surface area contributed by atoms with Crippen LogP contribution < -0.4 is 4.74 Å². The number of nitrogens with zero attached hydrogens (tertiary/aromatic N) is 5. The fraction of sp³-hybridized carbons (Fsp3) is 0.455. The first kappa shape index (κ1) is 29.2. The Kier molecular flexibility index (Phi) is 7.32. The lowest BCUT2D eigenvalue weighted by Gasteiger charge is -2.22. The van der Waals surface area contributed by atoms with Crippen molar-refractivity contribution in [3.63, 3.8) is 0 Å². The molecule has 1 unspecified atom stereocenters. The second-order valence-electron chi connectivity index (χ2n) is 8.58. The van der Waals surface area contributed by atoms with Gasteiger partial charge < -0.3 is 14.2 Å². The van der Waals surface area contributed by atoms with Crippen LogP contribution in [0.15, 0.2) is 16.7 Å². The molecule has 4 rings (SSSR count). The van der Waals surface area contributed by atoms with E-state index in [0.29, 0.717) is 11.2 Å². The number of alkyl halides is 9. The minimum absolute atomic E-state index is 0.00285. The quantitative estimate of drug-likeness (QED) is 0.286. The normalized spacial score (nSPS) is 15.2. The molecule has 3 aromatic heterocycles. The van der Waals surface area contributed by atoms with Gasteiger partial charge in [-0.25, -0.2) is 4.39 Å². The molecule has 40 heavy (non-hydrogen) atoms. The van der Waals surface area contributed by atoms with Gasteiger partial charge in [0.05, 0.1) is 10.4 Å². The highest BCUT2D eigenvalue weighted by atomic mass is 32.1. The zero-order valence-electron chi connectivity index (χ0n) is 20.2. The Bertz CT molecular complexity index is 1460. The van der Waals surface area contributed by atoms with Crippen LogP contribution in [-0.2, 0) is 13.2 Å². The second-order valence-corrected chi connectivity index (χ2v) is 9.63. The molecule has 1 atom stereocenters. The summed E-state index contributed by atoms with van der Waals surface area (Å²) in [4.78, 5) is 14.6. The van der Waals surface area contributed by atoms with E-state index in [1.165, 1.54) is 6.07 Å². The molecule has 8 nitrogen and oxygen atoms in total.